The van der Waals surface area contributed by atoms with Crippen LogP contribution in [0.2, 0.25) is 0 Å². The van der Waals surface area contributed by atoms with Gasteiger partial charge in [0, 0.05) is 0 Å². The zero-order valence-electron chi connectivity index (χ0n) is 2.24. The summed E-state index contributed by atoms with van der Waals surface area (Å²) in [4.78, 5) is 0. The summed E-state index contributed by atoms with van der Waals surface area (Å²) in [5, 5.41) is 0. The van der Waals surface area contributed by atoms with Crippen molar-refractivity contribution in [2.24, 2.45) is 0 Å². The first-order valence-corrected chi connectivity index (χ1v) is 14.9. The Bertz CT molecular complexity index is 41.3. The van der Waals surface area contributed by atoms with Crippen molar-refractivity contribution in [2.75, 3.05) is 0 Å². The maximum absolute atomic E-state index is 5.04. The third-order valence-electron chi connectivity index (χ3n) is 0. The second kappa shape index (κ2) is 3.97. The van der Waals surface area contributed by atoms with E-state index in [9.17, 15) is 0 Å². The summed E-state index contributed by atoms with van der Waals surface area (Å²) >= 11 is -4.29. The Balaban J connectivity index is 0. The van der Waals surface area contributed by atoms with Crippen molar-refractivity contribution < 1.29 is 22.0 Å². The van der Waals surface area contributed by atoms with Gasteiger partial charge < -0.3 is 0 Å². The monoisotopic (exact) mass is 357 g/mol. The minimum absolute atomic E-state index is 0. The molecule has 0 aromatic rings. The molecule has 7 heavy (non-hydrogen) atoms. The molecule has 7 heteroatoms. The topological polar surface area (TPSA) is 0 Å². The van der Waals surface area contributed by atoms with Crippen LogP contribution in [0.1, 0.15) is 0 Å². The van der Waals surface area contributed by atoms with Crippen LogP contribution in [0.4, 0.5) is 0 Å². The Morgan fingerprint density at radius 1 is 0.714 bits per heavy atom. The van der Waals surface area contributed by atoms with Crippen molar-refractivity contribution >= 4 is 59.4 Å². The fourth-order valence-corrected chi connectivity index (χ4v) is 0. The second-order valence-corrected chi connectivity index (χ2v) is 33.7. The average molecular weight is 359 g/mol. The molecule has 0 saturated heterocycles. The van der Waals surface area contributed by atoms with Crippen LogP contribution in [0.25, 0.3) is 0 Å². The van der Waals surface area contributed by atoms with Gasteiger partial charge in [0.15, 0.2) is 0 Å². The van der Waals surface area contributed by atoms with Crippen LogP contribution in [0.15, 0.2) is 0 Å². The summed E-state index contributed by atoms with van der Waals surface area (Å²) in [5.41, 5.74) is 0. The third-order valence-corrected chi connectivity index (χ3v) is 0. The van der Waals surface area contributed by atoms with E-state index >= 15 is 0 Å². The maximum atomic E-state index is 5.04. The van der Waals surface area contributed by atoms with Gasteiger partial charge in [0.25, 0.3) is 0 Å². The van der Waals surface area contributed by atoms with E-state index in [-0.39, 0.29) is 29.6 Å². The van der Waals surface area contributed by atoms with E-state index < -0.39 is 22.0 Å². The van der Waals surface area contributed by atoms with Gasteiger partial charge >= 0.3 is 81.4 Å². The van der Waals surface area contributed by atoms with Gasteiger partial charge in [-0.15, -0.1) is 0 Å². The minimum atomic E-state index is -4.29. The molecule has 0 unspecified atom stereocenters. The molecule has 0 aliphatic carbocycles. The van der Waals surface area contributed by atoms with E-state index in [1.165, 1.54) is 0 Å². The van der Waals surface area contributed by atoms with Gasteiger partial charge in [0.05, 0.1) is 0 Å². The van der Waals surface area contributed by atoms with Gasteiger partial charge in [-0.25, -0.2) is 0 Å². The zero-order chi connectivity index (χ0) is 5.45. The molecule has 0 N–H and O–H groups in total. The van der Waals surface area contributed by atoms with E-state index in [0.29, 0.717) is 0 Å². The Kier molecular flexibility index (Phi) is 7.58. The summed E-state index contributed by atoms with van der Waals surface area (Å²) in [7, 11) is 0. The third kappa shape index (κ3) is 41.5. The fraction of sp³-hybridized carbons (Fsp3) is 0. The van der Waals surface area contributed by atoms with Gasteiger partial charge in [-0.2, -0.15) is 0 Å². The Hall–Kier alpha value is 3.77. The Morgan fingerprint density at radius 2 is 0.714 bits per heavy atom. The van der Waals surface area contributed by atoms with Crippen LogP contribution in [0, 0.1) is 22.0 Å². The van der Waals surface area contributed by atoms with Gasteiger partial charge in [0.2, 0.25) is 0 Å². The number of hydrogen-bond donors (Lipinski definition) is 0. The standard InChI is InChI=1S/5ClH.Gd.Na.H/h5*1H;;;/q;;;;;+5;;/p-5. The first-order valence-electron chi connectivity index (χ1n) is 0.668. The van der Waals surface area contributed by atoms with Gasteiger partial charge in [-0.05, 0) is 0 Å². The van der Waals surface area contributed by atoms with Crippen molar-refractivity contribution in [3.63, 3.8) is 0 Å². The molecular weight excluding hydrogens is 358 g/mol. The molecule has 0 rings (SSSR count). The average Bonchev–Trinajstić information content (AvgIpc) is 0.650. The molecule has 0 fully saturated rings. The first-order chi connectivity index (χ1) is 2.24. The SMILES string of the molecule is [Cl][Gd]([Cl])([Cl])([Cl])[Cl].[NaH]. The molecule has 0 atom stereocenters. The van der Waals surface area contributed by atoms with Gasteiger partial charge in [0.1, 0.15) is 0 Å². The van der Waals surface area contributed by atoms with Crippen LogP contribution >= 0.6 is 29.9 Å². The van der Waals surface area contributed by atoms with E-state index in [0.717, 1.165) is 0 Å². The molecule has 0 aliphatic rings. The quantitative estimate of drug-likeness (QED) is 0.584. The first kappa shape index (κ1) is 13.4. The Labute approximate surface area is 78.6 Å². The van der Waals surface area contributed by atoms with Crippen molar-refractivity contribution in [3.8, 4) is 0 Å². The molecule has 0 amide bonds. The Morgan fingerprint density at radius 3 is 0.714 bits per heavy atom. The van der Waals surface area contributed by atoms with Crippen LogP contribution in [-0.4, -0.2) is 29.6 Å². The van der Waals surface area contributed by atoms with Gasteiger partial charge in [-0.3, -0.25) is 0 Å². The van der Waals surface area contributed by atoms with Crippen molar-refractivity contribution in [1.29, 1.82) is 0 Å². The summed E-state index contributed by atoms with van der Waals surface area (Å²) in [6, 6.07) is 0. The predicted molar refractivity (Wildman–Crippen MR) is 36.4 cm³/mol. The second-order valence-electron chi connectivity index (χ2n) is 0.505. The summed E-state index contributed by atoms with van der Waals surface area (Å²) in [6.45, 7) is 0. The van der Waals surface area contributed by atoms with Gasteiger partial charge in [-0.1, -0.05) is 0 Å². The van der Waals surface area contributed by atoms with Crippen LogP contribution < -0.4 is 0 Å². The molecule has 0 nitrogen and oxygen atoms in total. The van der Waals surface area contributed by atoms with Crippen LogP contribution in [-0.2, 0) is 0 Å². The zero-order valence-corrected chi connectivity index (χ0v) is 8.29. The van der Waals surface area contributed by atoms with Crippen molar-refractivity contribution in [1.82, 2.24) is 0 Å². The van der Waals surface area contributed by atoms with Crippen LogP contribution in [0.3, 0.4) is 0 Å². The van der Waals surface area contributed by atoms with E-state index in [4.69, 9.17) is 29.9 Å². The molecule has 0 radical (unpaired) electrons. The summed E-state index contributed by atoms with van der Waals surface area (Å²) in [6.07, 6.45) is 0. The molecule has 45 valence electrons. The summed E-state index contributed by atoms with van der Waals surface area (Å²) < 4.78 is 0. The number of halogens is 5. The predicted octanol–water partition coefficient (Wildman–Crippen LogP) is 2.80. The molecular formula is HCl5GdNa. The van der Waals surface area contributed by atoms with Crippen molar-refractivity contribution in [2.45, 2.75) is 0 Å². The fourth-order valence-electron chi connectivity index (χ4n) is 0. The molecule has 0 spiro atoms. The molecule has 0 heterocycles. The molecule has 0 aliphatic heterocycles. The normalized spacial score (nSPS) is 16.4. The molecule has 0 aromatic heterocycles. The van der Waals surface area contributed by atoms with Crippen molar-refractivity contribution in [3.05, 3.63) is 0 Å². The number of rotatable bonds is 0. The van der Waals surface area contributed by atoms with E-state index in [2.05, 4.69) is 0 Å². The molecule has 0 aromatic carbocycles. The summed E-state index contributed by atoms with van der Waals surface area (Å²) in [5.74, 6) is 25.2. The van der Waals surface area contributed by atoms with E-state index in [1.807, 2.05) is 0 Å². The molecule has 0 saturated carbocycles. The molecule has 0 bridgehead atoms. The number of hydrogen-bond acceptors (Lipinski definition) is 0. The van der Waals surface area contributed by atoms with E-state index in [1.54, 1.807) is 0 Å². The van der Waals surface area contributed by atoms with Crippen LogP contribution in [0.5, 0.6) is 0 Å².